The first-order valence-electron chi connectivity index (χ1n) is 5.42. The van der Waals surface area contributed by atoms with Crippen LogP contribution in [0.1, 0.15) is 47.0 Å². The minimum absolute atomic E-state index is 0.0781. The van der Waals surface area contributed by atoms with Gasteiger partial charge in [0.1, 0.15) is 11.6 Å². The van der Waals surface area contributed by atoms with Gasteiger partial charge in [-0.3, -0.25) is 9.59 Å². The van der Waals surface area contributed by atoms with Gasteiger partial charge >= 0.3 is 0 Å². The van der Waals surface area contributed by atoms with Gasteiger partial charge in [0.2, 0.25) is 0 Å². The van der Waals surface area contributed by atoms with E-state index in [9.17, 15) is 9.59 Å². The van der Waals surface area contributed by atoms with Crippen molar-refractivity contribution in [2.75, 3.05) is 0 Å². The molecular weight excluding hydrogens is 176 g/mol. The molecule has 0 N–H and O–H groups in total. The maximum absolute atomic E-state index is 11.8. The standard InChI is InChI=1S/C12H20O2/c1-8(11(14)12(2,3)4)10(13)9-6-5-7-9/h8-9H,5-7H2,1-4H3. The zero-order valence-electron chi connectivity index (χ0n) is 9.59. The van der Waals surface area contributed by atoms with Gasteiger partial charge in [0.15, 0.2) is 0 Å². The number of carbonyl (C=O) groups is 2. The van der Waals surface area contributed by atoms with Gasteiger partial charge < -0.3 is 0 Å². The number of rotatable bonds is 3. The van der Waals surface area contributed by atoms with Crippen molar-refractivity contribution >= 4 is 11.6 Å². The Morgan fingerprint density at radius 3 is 2.00 bits per heavy atom. The molecule has 1 unspecified atom stereocenters. The molecule has 1 saturated carbocycles. The fraction of sp³-hybridized carbons (Fsp3) is 0.833. The van der Waals surface area contributed by atoms with Gasteiger partial charge in [0.25, 0.3) is 0 Å². The SMILES string of the molecule is CC(C(=O)C1CCC1)C(=O)C(C)(C)C. The van der Waals surface area contributed by atoms with E-state index in [1.165, 1.54) is 0 Å². The van der Waals surface area contributed by atoms with Gasteiger partial charge in [-0.05, 0) is 19.8 Å². The van der Waals surface area contributed by atoms with Crippen LogP contribution in [0, 0.1) is 17.3 Å². The molecule has 2 heteroatoms. The lowest BCUT2D eigenvalue weighted by Crippen LogP contribution is -2.36. The smallest absolute Gasteiger partial charge is 0.148 e. The Labute approximate surface area is 86.1 Å². The highest BCUT2D eigenvalue weighted by molar-refractivity contribution is 6.05. The van der Waals surface area contributed by atoms with Gasteiger partial charge in [-0.25, -0.2) is 0 Å². The Balaban J connectivity index is 2.60. The van der Waals surface area contributed by atoms with Crippen LogP contribution >= 0.6 is 0 Å². The molecule has 1 aliphatic carbocycles. The molecule has 2 nitrogen and oxygen atoms in total. The average molecular weight is 196 g/mol. The summed E-state index contributed by atoms with van der Waals surface area (Å²) in [5.41, 5.74) is -0.390. The third-order valence-electron chi connectivity index (χ3n) is 3.07. The molecule has 0 aromatic heterocycles. The van der Waals surface area contributed by atoms with Crippen molar-refractivity contribution in [3.63, 3.8) is 0 Å². The summed E-state index contributed by atoms with van der Waals surface area (Å²) >= 11 is 0. The molecule has 1 atom stereocenters. The minimum Gasteiger partial charge on any atom is -0.299 e. The van der Waals surface area contributed by atoms with Crippen molar-refractivity contribution in [3.8, 4) is 0 Å². The number of Topliss-reactive ketones (excluding diaryl/α,β-unsaturated/α-hetero) is 2. The average Bonchev–Trinajstić information content (AvgIpc) is 1.96. The predicted molar refractivity (Wildman–Crippen MR) is 56.0 cm³/mol. The third-order valence-corrected chi connectivity index (χ3v) is 3.07. The highest BCUT2D eigenvalue weighted by Gasteiger charge is 2.36. The van der Waals surface area contributed by atoms with Crippen LogP contribution in [0.25, 0.3) is 0 Å². The second kappa shape index (κ2) is 3.84. The zero-order chi connectivity index (χ0) is 10.9. The normalized spacial score (nSPS) is 20.0. The molecule has 80 valence electrons. The maximum atomic E-state index is 11.8. The zero-order valence-corrected chi connectivity index (χ0v) is 9.59. The Morgan fingerprint density at radius 1 is 1.21 bits per heavy atom. The van der Waals surface area contributed by atoms with Crippen LogP contribution in [0.3, 0.4) is 0 Å². The Morgan fingerprint density at radius 2 is 1.71 bits per heavy atom. The van der Waals surface area contributed by atoms with Crippen LogP contribution in [-0.2, 0) is 9.59 Å². The van der Waals surface area contributed by atoms with Crippen LogP contribution in [-0.4, -0.2) is 11.6 Å². The predicted octanol–water partition coefficient (Wildman–Crippen LogP) is 2.61. The fourth-order valence-electron chi connectivity index (χ4n) is 1.83. The number of hydrogen-bond acceptors (Lipinski definition) is 2. The molecule has 0 bridgehead atoms. The van der Waals surface area contributed by atoms with Crippen LogP contribution < -0.4 is 0 Å². The Hall–Kier alpha value is -0.660. The molecule has 0 heterocycles. The van der Waals surface area contributed by atoms with Gasteiger partial charge in [-0.15, -0.1) is 0 Å². The van der Waals surface area contributed by atoms with E-state index in [4.69, 9.17) is 0 Å². The summed E-state index contributed by atoms with van der Waals surface area (Å²) < 4.78 is 0. The van der Waals surface area contributed by atoms with E-state index in [1.807, 2.05) is 20.8 Å². The van der Waals surface area contributed by atoms with E-state index in [0.29, 0.717) is 0 Å². The summed E-state index contributed by atoms with van der Waals surface area (Å²) in [6, 6.07) is 0. The van der Waals surface area contributed by atoms with E-state index >= 15 is 0 Å². The number of carbonyl (C=O) groups excluding carboxylic acids is 2. The largest absolute Gasteiger partial charge is 0.299 e. The molecule has 0 amide bonds. The maximum Gasteiger partial charge on any atom is 0.148 e. The molecule has 0 radical (unpaired) electrons. The second-order valence-corrected chi connectivity index (χ2v) is 5.37. The number of hydrogen-bond donors (Lipinski definition) is 0. The third kappa shape index (κ3) is 2.23. The summed E-state index contributed by atoms with van der Waals surface area (Å²) in [5.74, 6) is 0.0159. The first kappa shape index (κ1) is 11.4. The van der Waals surface area contributed by atoms with Crippen LogP contribution in [0.2, 0.25) is 0 Å². The summed E-state index contributed by atoms with van der Waals surface area (Å²) in [6.07, 6.45) is 3.12. The molecule has 0 saturated heterocycles. The topological polar surface area (TPSA) is 34.1 Å². The molecule has 1 aliphatic rings. The van der Waals surface area contributed by atoms with Crippen molar-refractivity contribution < 1.29 is 9.59 Å². The quantitative estimate of drug-likeness (QED) is 0.650. The molecule has 14 heavy (non-hydrogen) atoms. The molecule has 0 aliphatic heterocycles. The monoisotopic (exact) mass is 196 g/mol. The lowest BCUT2D eigenvalue weighted by Gasteiger charge is -2.28. The van der Waals surface area contributed by atoms with E-state index in [-0.39, 0.29) is 17.5 Å². The summed E-state index contributed by atoms with van der Waals surface area (Å²) in [4.78, 5) is 23.6. The van der Waals surface area contributed by atoms with E-state index < -0.39 is 11.3 Å². The summed E-state index contributed by atoms with van der Waals surface area (Å²) in [7, 11) is 0. The molecular formula is C12H20O2. The molecule has 1 fully saturated rings. The summed E-state index contributed by atoms with van der Waals surface area (Å²) in [5, 5.41) is 0. The van der Waals surface area contributed by atoms with Crippen LogP contribution in [0.5, 0.6) is 0 Å². The molecule has 0 aromatic rings. The molecule has 1 rings (SSSR count). The lowest BCUT2D eigenvalue weighted by molar-refractivity contribution is -0.140. The lowest BCUT2D eigenvalue weighted by atomic mass is 9.73. The van der Waals surface area contributed by atoms with E-state index in [2.05, 4.69) is 0 Å². The van der Waals surface area contributed by atoms with Crippen LogP contribution in [0.4, 0.5) is 0 Å². The van der Waals surface area contributed by atoms with Crippen molar-refractivity contribution in [3.05, 3.63) is 0 Å². The molecule has 0 spiro atoms. The van der Waals surface area contributed by atoms with Crippen molar-refractivity contribution in [2.24, 2.45) is 17.3 Å². The first-order chi connectivity index (χ1) is 6.34. The van der Waals surface area contributed by atoms with Gasteiger partial charge in [-0.1, -0.05) is 27.2 Å². The first-order valence-corrected chi connectivity index (χ1v) is 5.42. The van der Waals surface area contributed by atoms with Gasteiger partial charge in [0.05, 0.1) is 5.92 Å². The number of ketones is 2. The van der Waals surface area contributed by atoms with Crippen molar-refractivity contribution in [2.45, 2.75) is 47.0 Å². The van der Waals surface area contributed by atoms with E-state index in [0.717, 1.165) is 19.3 Å². The van der Waals surface area contributed by atoms with Gasteiger partial charge in [0, 0.05) is 11.3 Å². The molecule has 0 aromatic carbocycles. The van der Waals surface area contributed by atoms with Gasteiger partial charge in [-0.2, -0.15) is 0 Å². The Bertz CT molecular complexity index is 244. The Kier molecular flexibility index (Phi) is 3.13. The second-order valence-electron chi connectivity index (χ2n) is 5.37. The highest BCUT2D eigenvalue weighted by atomic mass is 16.2. The van der Waals surface area contributed by atoms with Crippen LogP contribution in [0.15, 0.2) is 0 Å². The highest BCUT2D eigenvalue weighted by Crippen LogP contribution is 2.31. The minimum atomic E-state index is -0.403. The van der Waals surface area contributed by atoms with E-state index in [1.54, 1.807) is 6.92 Å². The van der Waals surface area contributed by atoms with Crippen molar-refractivity contribution in [1.29, 1.82) is 0 Å². The van der Waals surface area contributed by atoms with Crippen molar-refractivity contribution in [1.82, 2.24) is 0 Å². The fourth-order valence-corrected chi connectivity index (χ4v) is 1.83. The summed E-state index contributed by atoms with van der Waals surface area (Å²) in [6.45, 7) is 7.38.